The Balaban J connectivity index is 0.919. The van der Waals surface area contributed by atoms with Gasteiger partial charge in [-0.25, -0.2) is 0 Å². The highest BCUT2D eigenvalue weighted by molar-refractivity contribution is 7.25. The maximum Gasteiger partial charge on any atom is 0.143 e. The van der Waals surface area contributed by atoms with Crippen molar-refractivity contribution in [2.75, 3.05) is 0 Å². The number of rotatable bonds is 3. The molecule has 0 aliphatic rings. The predicted octanol–water partition coefficient (Wildman–Crippen LogP) is 16.3. The van der Waals surface area contributed by atoms with E-state index in [1.807, 2.05) is 11.3 Å². The van der Waals surface area contributed by atoms with E-state index in [9.17, 15) is 0 Å². The minimum Gasteiger partial charge on any atom is -0.456 e. The first-order valence-electron chi connectivity index (χ1n) is 19.4. The van der Waals surface area contributed by atoms with Crippen molar-refractivity contribution in [1.29, 1.82) is 0 Å². The fraction of sp³-hybridized carbons (Fsp3) is 0. The molecule has 0 N–H and O–H groups in total. The van der Waals surface area contributed by atoms with Crippen LogP contribution >= 0.6 is 11.3 Å². The van der Waals surface area contributed by atoms with Crippen LogP contribution in [0.5, 0.6) is 0 Å². The van der Waals surface area contributed by atoms with Gasteiger partial charge in [0.15, 0.2) is 0 Å². The molecule has 13 aromatic rings. The average molecular weight is 743 g/mol. The molecule has 0 fully saturated rings. The van der Waals surface area contributed by atoms with E-state index in [4.69, 9.17) is 8.83 Å². The smallest absolute Gasteiger partial charge is 0.143 e. The number of thiophene rings is 1. The molecule has 0 aliphatic carbocycles. The van der Waals surface area contributed by atoms with Crippen molar-refractivity contribution < 1.29 is 8.83 Å². The number of hydrogen-bond acceptors (Lipinski definition) is 3. The molecule has 10 aromatic carbocycles. The third kappa shape index (κ3) is 4.52. The monoisotopic (exact) mass is 742 g/mol. The lowest BCUT2D eigenvalue weighted by molar-refractivity contribution is 0.669. The van der Waals surface area contributed by atoms with Crippen LogP contribution in [0, 0.1) is 0 Å². The van der Waals surface area contributed by atoms with Crippen LogP contribution in [0.15, 0.2) is 191 Å². The molecule has 57 heavy (non-hydrogen) atoms. The van der Waals surface area contributed by atoms with Gasteiger partial charge in [0.2, 0.25) is 0 Å². The van der Waals surface area contributed by atoms with E-state index in [1.54, 1.807) is 0 Å². The Morgan fingerprint density at radius 1 is 0.281 bits per heavy atom. The topological polar surface area (TPSA) is 26.3 Å². The summed E-state index contributed by atoms with van der Waals surface area (Å²) in [6, 6.07) is 66.0. The summed E-state index contributed by atoms with van der Waals surface area (Å²) >= 11 is 1.82. The van der Waals surface area contributed by atoms with Crippen molar-refractivity contribution in [2.24, 2.45) is 0 Å². The highest BCUT2D eigenvalue weighted by Gasteiger charge is 2.19. The first-order chi connectivity index (χ1) is 28.2. The van der Waals surface area contributed by atoms with E-state index >= 15 is 0 Å². The van der Waals surface area contributed by atoms with Crippen LogP contribution in [0.3, 0.4) is 0 Å². The van der Waals surface area contributed by atoms with Crippen LogP contribution in [-0.2, 0) is 0 Å². The Morgan fingerprint density at radius 3 is 1.54 bits per heavy atom. The third-order valence-electron chi connectivity index (χ3n) is 12.0. The first kappa shape index (κ1) is 31.1. The fourth-order valence-corrected chi connectivity index (χ4v) is 10.5. The lowest BCUT2D eigenvalue weighted by Crippen LogP contribution is -1.90. The first-order valence-corrected chi connectivity index (χ1v) is 20.2. The van der Waals surface area contributed by atoms with Gasteiger partial charge in [0.25, 0.3) is 0 Å². The summed E-state index contributed by atoms with van der Waals surface area (Å²) in [5, 5.41) is 14.4. The van der Waals surface area contributed by atoms with Gasteiger partial charge in [-0.3, -0.25) is 0 Å². The van der Waals surface area contributed by atoms with Gasteiger partial charge in [0, 0.05) is 47.1 Å². The molecule has 13 rings (SSSR count). The molecule has 0 saturated carbocycles. The maximum absolute atomic E-state index is 6.71. The molecule has 0 saturated heterocycles. The maximum atomic E-state index is 6.71. The van der Waals surface area contributed by atoms with Gasteiger partial charge < -0.3 is 8.83 Å². The molecule has 3 heteroatoms. The quantitative estimate of drug-likeness (QED) is 0.169. The summed E-state index contributed by atoms with van der Waals surface area (Å²) in [7, 11) is 0. The lowest BCUT2D eigenvalue weighted by Gasteiger charge is -2.17. The summed E-state index contributed by atoms with van der Waals surface area (Å²) < 4.78 is 15.9. The Labute approximate surface area is 330 Å². The van der Waals surface area contributed by atoms with E-state index in [2.05, 4.69) is 182 Å². The summed E-state index contributed by atoms with van der Waals surface area (Å²) in [6.45, 7) is 0. The van der Waals surface area contributed by atoms with Crippen molar-refractivity contribution in [2.45, 2.75) is 0 Å². The Kier molecular flexibility index (Phi) is 6.35. The molecule has 2 nitrogen and oxygen atoms in total. The van der Waals surface area contributed by atoms with Gasteiger partial charge >= 0.3 is 0 Å². The zero-order valence-corrected chi connectivity index (χ0v) is 31.4. The van der Waals surface area contributed by atoms with Crippen molar-refractivity contribution in [3.63, 3.8) is 0 Å². The van der Waals surface area contributed by atoms with Crippen molar-refractivity contribution >= 4 is 108 Å². The SMILES string of the molecule is c1ccc(-c2c3ccccc3c(-c3ccc4c(c3)oc3cc(-c5ccc6c(ccc7c8cc9c(cc8oc67)sc6ccccc69)c5)ccc34)c3ccccc23)cc1. The van der Waals surface area contributed by atoms with E-state index < -0.39 is 0 Å². The van der Waals surface area contributed by atoms with Crippen molar-refractivity contribution in [1.82, 2.24) is 0 Å². The zero-order chi connectivity index (χ0) is 37.2. The molecule has 3 heterocycles. The molecule has 0 atom stereocenters. The molecular weight excluding hydrogens is 713 g/mol. The highest BCUT2D eigenvalue weighted by Crippen LogP contribution is 2.46. The minimum absolute atomic E-state index is 0.883. The van der Waals surface area contributed by atoms with Crippen molar-refractivity contribution in [3.05, 3.63) is 182 Å². The predicted molar refractivity (Wildman–Crippen MR) is 243 cm³/mol. The van der Waals surface area contributed by atoms with E-state index in [0.717, 1.165) is 71.3 Å². The van der Waals surface area contributed by atoms with Crippen LogP contribution in [0.1, 0.15) is 0 Å². The summed E-state index contributed by atoms with van der Waals surface area (Å²) in [5.74, 6) is 0. The van der Waals surface area contributed by atoms with Crippen LogP contribution < -0.4 is 0 Å². The zero-order valence-electron chi connectivity index (χ0n) is 30.5. The fourth-order valence-electron chi connectivity index (χ4n) is 9.43. The van der Waals surface area contributed by atoms with Gasteiger partial charge in [-0.1, -0.05) is 121 Å². The van der Waals surface area contributed by atoms with Crippen molar-refractivity contribution in [3.8, 4) is 33.4 Å². The molecule has 0 bridgehead atoms. The van der Waals surface area contributed by atoms with E-state index in [1.165, 1.54) is 58.4 Å². The molecule has 264 valence electrons. The van der Waals surface area contributed by atoms with Crippen LogP contribution in [0.2, 0.25) is 0 Å². The summed E-state index contributed by atoms with van der Waals surface area (Å²) in [4.78, 5) is 0. The van der Waals surface area contributed by atoms with Gasteiger partial charge in [-0.2, -0.15) is 0 Å². The van der Waals surface area contributed by atoms with Crippen LogP contribution in [-0.4, -0.2) is 0 Å². The molecule has 0 radical (unpaired) electrons. The van der Waals surface area contributed by atoms with Gasteiger partial charge in [0.1, 0.15) is 22.3 Å². The van der Waals surface area contributed by atoms with Gasteiger partial charge in [0.05, 0.1) is 0 Å². The van der Waals surface area contributed by atoms with Crippen LogP contribution in [0.4, 0.5) is 0 Å². The molecular formula is C54H30O2S. The summed E-state index contributed by atoms with van der Waals surface area (Å²) in [5.41, 5.74) is 10.8. The molecule has 0 unspecified atom stereocenters. The Bertz CT molecular complexity index is 3750. The lowest BCUT2D eigenvalue weighted by atomic mass is 9.86. The van der Waals surface area contributed by atoms with Gasteiger partial charge in [-0.15, -0.1) is 11.3 Å². The third-order valence-corrected chi connectivity index (χ3v) is 13.2. The molecule has 3 aromatic heterocycles. The number of benzene rings is 10. The molecule has 0 aliphatic heterocycles. The molecule has 0 amide bonds. The minimum atomic E-state index is 0.883. The number of furan rings is 2. The molecule has 0 spiro atoms. The normalized spacial score (nSPS) is 12.2. The Hall–Kier alpha value is -7.20. The van der Waals surface area contributed by atoms with Gasteiger partial charge in [-0.05, 0) is 121 Å². The number of hydrogen-bond donors (Lipinski definition) is 0. The largest absolute Gasteiger partial charge is 0.456 e. The standard InChI is InChI=1S/C54H30O2S/c1-2-10-31(11-3-1)52-40-13-4-6-15-42(40)53(43-16-7-5-14-41(43)52)35-21-24-38-37-23-19-33(27-47(37)55-48(38)28-35)32-18-22-36-34(26-32)20-25-44-45-29-46-39-12-8-9-17-50(39)57-51(46)30-49(45)56-54(36)44/h1-30H. The number of fused-ring (bicyclic) bond motifs is 13. The van der Waals surface area contributed by atoms with E-state index in [-0.39, 0.29) is 0 Å². The van der Waals surface area contributed by atoms with E-state index in [0.29, 0.717) is 0 Å². The average Bonchev–Trinajstić information content (AvgIpc) is 3.94. The van der Waals surface area contributed by atoms with Crippen LogP contribution in [0.25, 0.3) is 130 Å². The highest BCUT2D eigenvalue weighted by atomic mass is 32.1. The Morgan fingerprint density at radius 2 is 0.825 bits per heavy atom. The second kappa shape index (κ2) is 11.7. The second-order valence-corrected chi connectivity index (χ2v) is 16.2. The second-order valence-electron chi connectivity index (χ2n) is 15.2. The summed E-state index contributed by atoms with van der Waals surface area (Å²) in [6.07, 6.45) is 0.